The van der Waals surface area contributed by atoms with E-state index in [2.05, 4.69) is 10.7 Å². The molecule has 1 saturated heterocycles. The first-order valence-electron chi connectivity index (χ1n) is 5.68. The summed E-state index contributed by atoms with van der Waals surface area (Å²) in [6, 6.07) is 9.31. The fourth-order valence-electron chi connectivity index (χ4n) is 1.76. The largest absolute Gasteiger partial charge is 0.315 e. The Morgan fingerprint density at radius 1 is 1.19 bits per heavy atom. The minimum Gasteiger partial charge on any atom is -0.315 e. The zero-order valence-corrected chi connectivity index (χ0v) is 9.28. The number of hydrazine groups is 1. The molecular formula is C12H17N3O. The molecule has 16 heavy (non-hydrogen) atoms. The summed E-state index contributed by atoms with van der Waals surface area (Å²) in [6.07, 6.45) is 1.06. The molecule has 4 nitrogen and oxygen atoms in total. The number of rotatable bonds is 2. The van der Waals surface area contributed by atoms with E-state index in [-0.39, 0.29) is 5.91 Å². The molecule has 0 unspecified atom stereocenters. The topological polar surface area (TPSA) is 44.4 Å². The van der Waals surface area contributed by atoms with Crippen LogP contribution in [0.25, 0.3) is 0 Å². The van der Waals surface area contributed by atoms with E-state index in [4.69, 9.17) is 0 Å². The smallest absolute Gasteiger partial charge is 0.265 e. The fraction of sp³-hybridized carbons (Fsp3) is 0.417. The second-order valence-corrected chi connectivity index (χ2v) is 3.90. The van der Waals surface area contributed by atoms with Gasteiger partial charge in [0.15, 0.2) is 0 Å². The lowest BCUT2D eigenvalue weighted by Crippen LogP contribution is -2.43. The van der Waals surface area contributed by atoms with Crippen LogP contribution in [-0.2, 0) is 0 Å². The highest BCUT2D eigenvalue weighted by molar-refractivity contribution is 5.93. The van der Waals surface area contributed by atoms with E-state index < -0.39 is 0 Å². The van der Waals surface area contributed by atoms with E-state index in [1.807, 2.05) is 35.3 Å². The molecule has 1 aliphatic heterocycles. The molecule has 0 saturated carbocycles. The van der Waals surface area contributed by atoms with Gasteiger partial charge in [0.25, 0.3) is 5.91 Å². The van der Waals surface area contributed by atoms with Crippen LogP contribution >= 0.6 is 0 Å². The van der Waals surface area contributed by atoms with Crippen molar-refractivity contribution in [3.8, 4) is 0 Å². The lowest BCUT2D eigenvalue weighted by atomic mass is 10.2. The third-order valence-corrected chi connectivity index (χ3v) is 2.64. The third kappa shape index (κ3) is 3.05. The normalized spacial score (nSPS) is 17.8. The van der Waals surface area contributed by atoms with E-state index in [0.717, 1.165) is 32.6 Å². The fourth-order valence-corrected chi connectivity index (χ4v) is 1.76. The number of carbonyl (C=O) groups excluding carboxylic acids is 1. The standard InChI is InChI=1S/C12H17N3O/c16-12(11-5-2-1-3-6-11)14-15-9-4-7-13-8-10-15/h1-3,5-6,13H,4,7-10H2,(H,14,16). The molecule has 0 aromatic heterocycles. The molecule has 0 radical (unpaired) electrons. The number of nitrogens with zero attached hydrogens (tertiary/aromatic N) is 1. The molecule has 1 aliphatic rings. The van der Waals surface area contributed by atoms with Gasteiger partial charge in [-0.15, -0.1) is 0 Å². The minimum absolute atomic E-state index is 0.0255. The third-order valence-electron chi connectivity index (χ3n) is 2.64. The van der Waals surface area contributed by atoms with Gasteiger partial charge >= 0.3 is 0 Å². The Morgan fingerprint density at radius 2 is 2.00 bits per heavy atom. The van der Waals surface area contributed by atoms with Gasteiger partial charge in [-0.1, -0.05) is 18.2 Å². The Balaban J connectivity index is 1.91. The summed E-state index contributed by atoms with van der Waals surface area (Å²) in [5.41, 5.74) is 3.64. The van der Waals surface area contributed by atoms with Crippen LogP contribution in [0.4, 0.5) is 0 Å². The highest BCUT2D eigenvalue weighted by atomic mass is 16.2. The van der Waals surface area contributed by atoms with Crippen LogP contribution in [0.1, 0.15) is 16.8 Å². The number of carbonyl (C=O) groups is 1. The van der Waals surface area contributed by atoms with Crippen LogP contribution < -0.4 is 10.7 Å². The average molecular weight is 219 g/mol. The molecule has 1 amide bonds. The van der Waals surface area contributed by atoms with Crippen molar-refractivity contribution in [3.05, 3.63) is 35.9 Å². The van der Waals surface area contributed by atoms with Crippen molar-refractivity contribution in [2.24, 2.45) is 0 Å². The van der Waals surface area contributed by atoms with Gasteiger partial charge in [-0.25, -0.2) is 5.01 Å². The van der Waals surface area contributed by atoms with Crippen LogP contribution in [0.15, 0.2) is 30.3 Å². The van der Waals surface area contributed by atoms with Gasteiger partial charge in [-0.3, -0.25) is 10.2 Å². The number of nitrogens with one attached hydrogen (secondary N) is 2. The summed E-state index contributed by atoms with van der Waals surface area (Å²) in [4.78, 5) is 11.9. The Hall–Kier alpha value is -1.39. The molecule has 1 aromatic carbocycles. The van der Waals surface area contributed by atoms with Crippen molar-refractivity contribution in [2.45, 2.75) is 6.42 Å². The van der Waals surface area contributed by atoms with Gasteiger partial charge in [0.05, 0.1) is 0 Å². The zero-order valence-electron chi connectivity index (χ0n) is 9.28. The molecule has 0 bridgehead atoms. The Kier molecular flexibility index (Phi) is 3.91. The molecule has 0 atom stereocenters. The van der Waals surface area contributed by atoms with Gasteiger partial charge in [0.1, 0.15) is 0 Å². The molecular weight excluding hydrogens is 202 g/mol. The first-order valence-corrected chi connectivity index (χ1v) is 5.68. The van der Waals surface area contributed by atoms with Gasteiger partial charge < -0.3 is 5.32 Å². The second-order valence-electron chi connectivity index (χ2n) is 3.90. The highest BCUT2D eigenvalue weighted by Crippen LogP contribution is 1.99. The maximum atomic E-state index is 11.9. The lowest BCUT2D eigenvalue weighted by Gasteiger charge is -2.20. The van der Waals surface area contributed by atoms with Crippen molar-refractivity contribution in [1.82, 2.24) is 15.8 Å². The van der Waals surface area contributed by atoms with E-state index in [0.29, 0.717) is 5.56 Å². The van der Waals surface area contributed by atoms with Crippen molar-refractivity contribution in [3.63, 3.8) is 0 Å². The average Bonchev–Trinajstić information content (AvgIpc) is 2.59. The maximum absolute atomic E-state index is 11.9. The van der Waals surface area contributed by atoms with E-state index in [9.17, 15) is 4.79 Å². The molecule has 1 fully saturated rings. The van der Waals surface area contributed by atoms with Gasteiger partial charge in [-0.2, -0.15) is 0 Å². The van der Waals surface area contributed by atoms with E-state index in [1.54, 1.807) is 0 Å². The Labute approximate surface area is 95.6 Å². The van der Waals surface area contributed by atoms with Crippen molar-refractivity contribution >= 4 is 5.91 Å². The SMILES string of the molecule is O=C(NN1CCCNCC1)c1ccccc1. The lowest BCUT2D eigenvalue weighted by molar-refractivity contribution is 0.0799. The number of hydrogen-bond donors (Lipinski definition) is 2. The van der Waals surface area contributed by atoms with Crippen molar-refractivity contribution < 1.29 is 4.79 Å². The summed E-state index contributed by atoms with van der Waals surface area (Å²) in [6.45, 7) is 3.72. The maximum Gasteiger partial charge on any atom is 0.265 e. The summed E-state index contributed by atoms with van der Waals surface area (Å²) in [5, 5.41) is 5.28. The molecule has 2 N–H and O–H groups in total. The van der Waals surface area contributed by atoms with E-state index >= 15 is 0 Å². The van der Waals surface area contributed by atoms with Gasteiger partial charge in [-0.05, 0) is 25.1 Å². The monoisotopic (exact) mass is 219 g/mol. The summed E-state index contributed by atoms with van der Waals surface area (Å²) >= 11 is 0. The second kappa shape index (κ2) is 5.63. The van der Waals surface area contributed by atoms with Crippen LogP contribution in [0.5, 0.6) is 0 Å². The van der Waals surface area contributed by atoms with Crippen LogP contribution in [-0.4, -0.2) is 37.1 Å². The molecule has 1 aromatic rings. The summed E-state index contributed by atoms with van der Waals surface area (Å²) in [5.74, 6) is -0.0255. The molecule has 86 valence electrons. The predicted octanol–water partition coefficient (Wildman–Crippen LogP) is 0.627. The first kappa shape index (κ1) is 11.1. The van der Waals surface area contributed by atoms with Crippen LogP contribution in [0.2, 0.25) is 0 Å². The first-order chi connectivity index (χ1) is 7.86. The van der Waals surface area contributed by atoms with Crippen molar-refractivity contribution in [1.29, 1.82) is 0 Å². The molecule has 2 rings (SSSR count). The van der Waals surface area contributed by atoms with Crippen LogP contribution in [0.3, 0.4) is 0 Å². The summed E-state index contributed by atoms with van der Waals surface area (Å²) < 4.78 is 0. The molecule has 0 aliphatic carbocycles. The highest BCUT2D eigenvalue weighted by Gasteiger charge is 2.12. The predicted molar refractivity (Wildman–Crippen MR) is 63.0 cm³/mol. The van der Waals surface area contributed by atoms with Crippen molar-refractivity contribution in [2.75, 3.05) is 26.2 Å². The Bertz CT molecular complexity index is 331. The molecule has 4 heteroatoms. The van der Waals surface area contributed by atoms with Gasteiger partial charge in [0, 0.05) is 25.2 Å². The van der Waals surface area contributed by atoms with Crippen LogP contribution in [0, 0.1) is 0 Å². The zero-order chi connectivity index (χ0) is 11.2. The van der Waals surface area contributed by atoms with Gasteiger partial charge in [0.2, 0.25) is 0 Å². The van der Waals surface area contributed by atoms with E-state index in [1.165, 1.54) is 0 Å². The Morgan fingerprint density at radius 3 is 2.81 bits per heavy atom. The minimum atomic E-state index is -0.0255. The summed E-state index contributed by atoms with van der Waals surface area (Å²) in [7, 11) is 0. The molecule has 0 spiro atoms. The number of amides is 1. The number of hydrogen-bond acceptors (Lipinski definition) is 3. The quantitative estimate of drug-likeness (QED) is 0.766. The number of benzene rings is 1. The molecule has 1 heterocycles.